The van der Waals surface area contributed by atoms with E-state index in [1.807, 2.05) is 37.3 Å². The molecule has 0 saturated heterocycles. The van der Waals surface area contributed by atoms with E-state index in [9.17, 15) is 13.2 Å². The van der Waals surface area contributed by atoms with Gasteiger partial charge in [-0.1, -0.05) is 50.6 Å². The number of nitrogens with zero attached hydrogens (tertiary/aromatic N) is 1. The number of carboxylic acids is 1. The average molecular weight is 314 g/mol. The topological polar surface area (TPSA) is 86.7 Å². The van der Waals surface area contributed by atoms with Crippen LogP contribution < -0.4 is 4.72 Å². The zero-order valence-electron chi connectivity index (χ0n) is 12.5. The van der Waals surface area contributed by atoms with E-state index < -0.39 is 22.2 Å². The Kier molecular flexibility index (Phi) is 6.32. The second-order valence-corrected chi connectivity index (χ2v) is 6.88. The van der Waals surface area contributed by atoms with E-state index in [1.54, 1.807) is 6.92 Å². The minimum atomic E-state index is -3.86. The molecule has 7 heteroatoms. The molecular weight excluding hydrogens is 292 g/mol. The van der Waals surface area contributed by atoms with Gasteiger partial charge < -0.3 is 5.11 Å². The normalized spacial score (nSPS) is 14.9. The molecule has 0 saturated carbocycles. The number of nitrogens with one attached hydrogen (secondary N) is 1. The zero-order valence-corrected chi connectivity index (χ0v) is 13.3. The Bertz CT molecular complexity index is 560. The molecule has 0 bridgehead atoms. The lowest BCUT2D eigenvalue weighted by molar-refractivity contribution is -0.140. The van der Waals surface area contributed by atoms with Gasteiger partial charge in [0.1, 0.15) is 6.04 Å². The summed E-state index contributed by atoms with van der Waals surface area (Å²) in [5, 5.41) is 9.16. The molecule has 1 rings (SSSR count). The third-order valence-corrected chi connectivity index (χ3v) is 4.91. The lowest BCUT2D eigenvalue weighted by Gasteiger charge is -2.24. The third kappa shape index (κ3) is 5.11. The van der Waals surface area contributed by atoms with Crippen molar-refractivity contribution in [2.75, 3.05) is 7.05 Å². The Labute approximate surface area is 126 Å². The molecule has 0 radical (unpaired) electrons. The van der Waals surface area contributed by atoms with Gasteiger partial charge in [-0.25, -0.2) is 0 Å². The van der Waals surface area contributed by atoms with Crippen molar-refractivity contribution in [2.45, 2.75) is 32.9 Å². The number of carboxylic acid groups (broad SMARTS) is 1. The quantitative estimate of drug-likeness (QED) is 0.760. The minimum Gasteiger partial charge on any atom is -0.480 e. The van der Waals surface area contributed by atoms with Crippen molar-refractivity contribution in [3.63, 3.8) is 0 Å². The highest BCUT2D eigenvalue weighted by atomic mass is 32.2. The number of rotatable bonds is 8. The highest BCUT2D eigenvalue weighted by molar-refractivity contribution is 7.87. The van der Waals surface area contributed by atoms with Crippen LogP contribution in [0.4, 0.5) is 0 Å². The van der Waals surface area contributed by atoms with Gasteiger partial charge in [-0.3, -0.25) is 4.79 Å². The number of benzene rings is 1. The van der Waals surface area contributed by atoms with Gasteiger partial charge >= 0.3 is 5.97 Å². The van der Waals surface area contributed by atoms with Crippen molar-refractivity contribution >= 4 is 16.2 Å². The van der Waals surface area contributed by atoms with Crippen LogP contribution in [0.1, 0.15) is 25.8 Å². The number of hydrogen-bond acceptors (Lipinski definition) is 3. The van der Waals surface area contributed by atoms with E-state index in [1.165, 1.54) is 7.05 Å². The molecule has 0 spiro atoms. The van der Waals surface area contributed by atoms with Crippen molar-refractivity contribution in [1.82, 2.24) is 9.03 Å². The molecule has 0 aliphatic heterocycles. The first kappa shape index (κ1) is 17.6. The monoisotopic (exact) mass is 314 g/mol. The summed E-state index contributed by atoms with van der Waals surface area (Å²) in [7, 11) is -2.43. The van der Waals surface area contributed by atoms with Crippen LogP contribution in [-0.2, 0) is 21.5 Å². The lowest BCUT2D eigenvalue weighted by atomic mass is 10.0. The van der Waals surface area contributed by atoms with Crippen LogP contribution in [0.15, 0.2) is 30.3 Å². The summed E-state index contributed by atoms with van der Waals surface area (Å²) in [6.07, 6.45) is 0.571. The Hall–Kier alpha value is -1.44. The van der Waals surface area contributed by atoms with Gasteiger partial charge in [0.25, 0.3) is 10.2 Å². The fraction of sp³-hybridized carbons (Fsp3) is 0.500. The van der Waals surface area contributed by atoms with Gasteiger partial charge in [0.2, 0.25) is 0 Å². The molecule has 1 aromatic carbocycles. The third-order valence-electron chi connectivity index (χ3n) is 3.41. The van der Waals surface area contributed by atoms with Crippen molar-refractivity contribution in [1.29, 1.82) is 0 Å². The zero-order chi connectivity index (χ0) is 16.0. The van der Waals surface area contributed by atoms with E-state index in [0.717, 1.165) is 9.87 Å². The van der Waals surface area contributed by atoms with Crippen LogP contribution in [0, 0.1) is 5.92 Å². The maximum absolute atomic E-state index is 12.2. The highest BCUT2D eigenvalue weighted by Gasteiger charge is 2.30. The number of hydrogen-bond donors (Lipinski definition) is 2. The van der Waals surface area contributed by atoms with Crippen molar-refractivity contribution < 1.29 is 18.3 Å². The molecule has 2 N–H and O–H groups in total. The fourth-order valence-electron chi connectivity index (χ4n) is 1.82. The van der Waals surface area contributed by atoms with Crippen molar-refractivity contribution in [3.05, 3.63) is 35.9 Å². The first-order chi connectivity index (χ1) is 9.77. The Balaban J connectivity index is 2.82. The molecular formula is C14H22N2O4S. The maximum atomic E-state index is 12.2. The van der Waals surface area contributed by atoms with Crippen LogP contribution in [0.25, 0.3) is 0 Å². The molecule has 2 atom stereocenters. The van der Waals surface area contributed by atoms with Crippen LogP contribution in [0.3, 0.4) is 0 Å². The largest absolute Gasteiger partial charge is 0.480 e. The SMILES string of the molecule is CCC(C)C(NS(=O)(=O)N(C)Cc1ccccc1)C(=O)O. The molecule has 21 heavy (non-hydrogen) atoms. The van der Waals surface area contributed by atoms with Gasteiger partial charge in [-0.05, 0) is 11.5 Å². The van der Waals surface area contributed by atoms with E-state index in [-0.39, 0.29) is 12.5 Å². The first-order valence-corrected chi connectivity index (χ1v) is 8.22. The summed E-state index contributed by atoms with van der Waals surface area (Å²) in [4.78, 5) is 11.2. The van der Waals surface area contributed by atoms with Crippen molar-refractivity contribution in [3.8, 4) is 0 Å². The summed E-state index contributed by atoms with van der Waals surface area (Å²) in [6.45, 7) is 3.71. The Morgan fingerprint density at radius 1 is 1.33 bits per heavy atom. The van der Waals surface area contributed by atoms with Gasteiger partial charge in [0.05, 0.1) is 0 Å². The summed E-state index contributed by atoms with van der Waals surface area (Å²) < 4.78 is 27.8. The Morgan fingerprint density at radius 3 is 2.38 bits per heavy atom. The second-order valence-electron chi connectivity index (χ2n) is 5.07. The lowest BCUT2D eigenvalue weighted by Crippen LogP contribution is -2.49. The van der Waals surface area contributed by atoms with Crippen LogP contribution in [0.5, 0.6) is 0 Å². The van der Waals surface area contributed by atoms with E-state index in [4.69, 9.17) is 5.11 Å². The van der Waals surface area contributed by atoms with Gasteiger partial charge in [-0.15, -0.1) is 0 Å². The van der Waals surface area contributed by atoms with E-state index in [2.05, 4.69) is 4.72 Å². The van der Waals surface area contributed by atoms with Gasteiger partial charge in [-0.2, -0.15) is 17.4 Å². The number of aliphatic carboxylic acids is 1. The molecule has 6 nitrogen and oxygen atoms in total. The highest BCUT2D eigenvalue weighted by Crippen LogP contribution is 2.12. The van der Waals surface area contributed by atoms with Crippen LogP contribution in [-0.4, -0.2) is 36.9 Å². The molecule has 2 unspecified atom stereocenters. The van der Waals surface area contributed by atoms with Gasteiger partial charge in [0, 0.05) is 13.6 Å². The average Bonchev–Trinajstić information content (AvgIpc) is 2.44. The van der Waals surface area contributed by atoms with Crippen LogP contribution in [0.2, 0.25) is 0 Å². The molecule has 0 aromatic heterocycles. The molecule has 0 aliphatic rings. The van der Waals surface area contributed by atoms with E-state index >= 15 is 0 Å². The number of carbonyl (C=O) groups is 1. The Morgan fingerprint density at radius 2 is 1.90 bits per heavy atom. The molecule has 0 fully saturated rings. The van der Waals surface area contributed by atoms with E-state index in [0.29, 0.717) is 6.42 Å². The van der Waals surface area contributed by atoms with Gasteiger partial charge in [0.15, 0.2) is 0 Å². The maximum Gasteiger partial charge on any atom is 0.322 e. The minimum absolute atomic E-state index is 0.184. The fourth-order valence-corrected chi connectivity index (χ4v) is 2.97. The predicted molar refractivity (Wildman–Crippen MR) is 80.8 cm³/mol. The van der Waals surface area contributed by atoms with Crippen molar-refractivity contribution in [2.24, 2.45) is 5.92 Å². The molecule has 0 aliphatic carbocycles. The molecule has 0 amide bonds. The summed E-state index contributed by atoms with van der Waals surface area (Å²) in [5.74, 6) is -1.46. The molecule has 118 valence electrons. The summed E-state index contributed by atoms with van der Waals surface area (Å²) in [5.41, 5.74) is 0.834. The predicted octanol–water partition coefficient (Wildman–Crippen LogP) is 1.45. The van der Waals surface area contributed by atoms with Crippen LogP contribution >= 0.6 is 0 Å². The summed E-state index contributed by atoms with van der Waals surface area (Å²) >= 11 is 0. The standard InChI is InChI=1S/C14H22N2O4S/c1-4-11(2)13(14(17)18)15-21(19,20)16(3)10-12-8-6-5-7-9-12/h5-9,11,13,15H,4,10H2,1-3H3,(H,17,18). The second kappa shape index (κ2) is 7.53. The molecule has 0 heterocycles. The molecule has 1 aromatic rings. The summed E-state index contributed by atoms with van der Waals surface area (Å²) in [6, 6.07) is 7.99. The first-order valence-electron chi connectivity index (χ1n) is 6.78. The smallest absolute Gasteiger partial charge is 0.322 e.